The third-order valence-corrected chi connectivity index (χ3v) is 4.31. The van der Waals surface area contributed by atoms with E-state index in [4.69, 9.17) is 0 Å². The molecule has 0 bridgehead atoms. The molecule has 1 aliphatic carbocycles. The minimum atomic E-state index is 0.0825. The van der Waals surface area contributed by atoms with Gasteiger partial charge in [-0.05, 0) is 49.3 Å². The first-order chi connectivity index (χ1) is 11.0. The van der Waals surface area contributed by atoms with Crippen molar-refractivity contribution in [3.05, 3.63) is 70.8 Å². The predicted molar refractivity (Wildman–Crippen MR) is 96.2 cm³/mol. The number of likely N-dealkylation sites (N-methyl/N-ethyl adjacent to an activating group) is 1. The SMILES string of the molecule is C=C1c2cccc(NCCN(C)C)c2C(=O)c2cccc(C)c21. The van der Waals surface area contributed by atoms with Gasteiger partial charge in [0.25, 0.3) is 0 Å². The van der Waals surface area contributed by atoms with Crippen LogP contribution in [0.1, 0.15) is 32.6 Å². The molecule has 0 saturated carbocycles. The monoisotopic (exact) mass is 306 g/mol. The number of benzene rings is 2. The summed E-state index contributed by atoms with van der Waals surface area (Å²) in [5.41, 5.74) is 6.34. The third-order valence-electron chi connectivity index (χ3n) is 4.31. The molecule has 0 atom stereocenters. The molecule has 0 saturated heterocycles. The number of nitrogens with one attached hydrogen (secondary N) is 1. The molecule has 3 nitrogen and oxygen atoms in total. The fourth-order valence-electron chi connectivity index (χ4n) is 3.14. The molecule has 2 aromatic rings. The Kier molecular flexibility index (Phi) is 4.05. The first kappa shape index (κ1) is 15.5. The number of anilines is 1. The molecule has 1 aliphatic rings. The Balaban J connectivity index is 2.05. The van der Waals surface area contributed by atoms with Gasteiger partial charge in [-0.15, -0.1) is 0 Å². The quantitative estimate of drug-likeness (QED) is 0.799. The minimum Gasteiger partial charge on any atom is -0.383 e. The van der Waals surface area contributed by atoms with Gasteiger partial charge in [0.2, 0.25) is 0 Å². The molecule has 0 aromatic heterocycles. The van der Waals surface area contributed by atoms with E-state index in [1.54, 1.807) is 0 Å². The van der Waals surface area contributed by atoms with Crippen LogP contribution in [-0.4, -0.2) is 37.9 Å². The number of rotatable bonds is 4. The van der Waals surface area contributed by atoms with Gasteiger partial charge in [-0.3, -0.25) is 4.79 Å². The van der Waals surface area contributed by atoms with Gasteiger partial charge in [-0.2, -0.15) is 0 Å². The van der Waals surface area contributed by atoms with E-state index in [2.05, 4.69) is 16.8 Å². The van der Waals surface area contributed by atoms with Crippen LogP contribution in [0, 0.1) is 6.92 Å². The molecule has 0 unspecified atom stereocenters. The maximum absolute atomic E-state index is 13.0. The second-order valence-corrected chi connectivity index (χ2v) is 6.26. The van der Waals surface area contributed by atoms with Crippen LogP contribution in [0.15, 0.2) is 43.0 Å². The molecule has 2 aromatic carbocycles. The lowest BCUT2D eigenvalue weighted by Gasteiger charge is -2.25. The number of hydrogen-bond acceptors (Lipinski definition) is 3. The second kappa shape index (κ2) is 6.01. The van der Waals surface area contributed by atoms with Gasteiger partial charge in [0.1, 0.15) is 0 Å². The van der Waals surface area contributed by atoms with Crippen LogP contribution >= 0.6 is 0 Å². The van der Waals surface area contributed by atoms with E-state index in [9.17, 15) is 4.79 Å². The average molecular weight is 306 g/mol. The van der Waals surface area contributed by atoms with Gasteiger partial charge in [0.05, 0.1) is 5.56 Å². The van der Waals surface area contributed by atoms with Gasteiger partial charge in [0.15, 0.2) is 5.78 Å². The second-order valence-electron chi connectivity index (χ2n) is 6.26. The molecule has 0 fully saturated rings. The summed E-state index contributed by atoms with van der Waals surface area (Å²) in [6.45, 7) is 7.99. The molecular weight excluding hydrogens is 284 g/mol. The Hall–Kier alpha value is -2.39. The number of fused-ring (bicyclic) bond motifs is 2. The van der Waals surface area contributed by atoms with Crippen LogP contribution in [0.3, 0.4) is 0 Å². The van der Waals surface area contributed by atoms with Crippen molar-refractivity contribution in [1.82, 2.24) is 4.90 Å². The van der Waals surface area contributed by atoms with Crippen molar-refractivity contribution in [2.75, 3.05) is 32.5 Å². The zero-order valence-corrected chi connectivity index (χ0v) is 13.9. The number of aryl methyl sites for hydroxylation is 1. The summed E-state index contributed by atoms with van der Waals surface area (Å²) in [6, 6.07) is 11.8. The largest absolute Gasteiger partial charge is 0.383 e. The fraction of sp³-hybridized carbons (Fsp3) is 0.250. The molecule has 0 heterocycles. The molecule has 1 N–H and O–H groups in total. The lowest BCUT2D eigenvalue weighted by Crippen LogP contribution is -2.23. The van der Waals surface area contributed by atoms with Gasteiger partial charge >= 0.3 is 0 Å². The fourth-order valence-corrected chi connectivity index (χ4v) is 3.14. The van der Waals surface area contributed by atoms with Crippen LogP contribution in [0.25, 0.3) is 5.57 Å². The van der Waals surface area contributed by atoms with E-state index in [0.29, 0.717) is 0 Å². The highest BCUT2D eigenvalue weighted by Crippen LogP contribution is 2.39. The summed E-state index contributed by atoms with van der Waals surface area (Å²) in [7, 11) is 4.07. The van der Waals surface area contributed by atoms with Crippen LogP contribution in [0.5, 0.6) is 0 Å². The minimum absolute atomic E-state index is 0.0825. The van der Waals surface area contributed by atoms with E-state index >= 15 is 0 Å². The summed E-state index contributed by atoms with van der Waals surface area (Å²) in [6.07, 6.45) is 0. The number of carbonyl (C=O) groups is 1. The van der Waals surface area contributed by atoms with E-state index in [1.807, 2.05) is 57.4 Å². The summed E-state index contributed by atoms with van der Waals surface area (Å²) in [5.74, 6) is 0.0825. The lowest BCUT2D eigenvalue weighted by atomic mass is 9.79. The van der Waals surface area contributed by atoms with E-state index in [0.717, 1.165) is 52.2 Å². The van der Waals surface area contributed by atoms with E-state index in [-0.39, 0.29) is 5.78 Å². The molecule has 23 heavy (non-hydrogen) atoms. The third kappa shape index (κ3) is 2.68. The van der Waals surface area contributed by atoms with Crippen molar-refractivity contribution >= 4 is 17.0 Å². The highest BCUT2D eigenvalue weighted by Gasteiger charge is 2.28. The van der Waals surface area contributed by atoms with Crippen LogP contribution in [0.2, 0.25) is 0 Å². The summed E-state index contributed by atoms with van der Waals surface area (Å²) in [4.78, 5) is 15.1. The van der Waals surface area contributed by atoms with Crippen LogP contribution in [-0.2, 0) is 0 Å². The normalized spacial score (nSPS) is 13.0. The smallest absolute Gasteiger partial charge is 0.196 e. The van der Waals surface area contributed by atoms with E-state index < -0.39 is 0 Å². The molecule has 3 heteroatoms. The first-order valence-electron chi connectivity index (χ1n) is 7.86. The Morgan fingerprint density at radius 2 is 1.74 bits per heavy atom. The highest BCUT2D eigenvalue weighted by atomic mass is 16.1. The summed E-state index contributed by atoms with van der Waals surface area (Å²) < 4.78 is 0. The van der Waals surface area contributed by atoms with Crippen molar-refractivity contribution in [2.45, 2.75) is 6.92 Å². The van der Waals surface area contributed by atoms with Crippen LogP contribution in [0.4, 0.5) is 5.69 Å². The summed E-state index contributed by atoms with van der Waals surface area (Å²) in [5, 5.41) is 3.40. The molecule has 118 valence electrons. The first-order valence-corrected chi connectivity index (χ1v) is 7.86. The number of nitrogens with zero attached hydrogens (tertiary/aromatic N) is 1. The predicted octanol–water partition coefficient (Wildman–Crippen LogP) is 3.57. The van der Waals surface area contributed by atoms with Crippen molar-refractivity contribution in [2.24, 2.45) is 0 Å². The molecular formula is C20H22N2O. The van der Waals surface area contributed by atoms with Gasteiger partial charge in [0, 0.05) is 24.3 Å². The number of ketones is 1. The lowest BCUT2D eigenvalue weighted by molar-refractivity contribution is 0.103. The Labute approximate surface area is 137 Å². The molecule has 0 amide bonds. The number of hydrogen-bond donors (Lipinski definition) is 1. The molecule has 0 aliphatic heterocycles. The van der Waals surface area contributed by atoms with Gasteiger partial charge < -0.3 is 10.2 Å². The average Bonchev–Trinajstić information content (AvgIpc) is 2.52. The molecule has 3 rings (SSSR count). The maximum atomic E-state index is 13.0. The van der Waals surface area contributed by atoms with Crippen molar-refractivity contribution in [3.8, 4) is 0 Å². The van der Waals surface area contributed by atoms with Gasteiger partial charge in [-0.25, -0.2) is 0 Å². The van der Waals surface area contributed by atoms with Crippen molar-refractivity contribution in [1.29, 1.82) is 0 Å². The molecule has 0 radical (unpaired) electrons. The Morgan fingerprint density at radius 1 is 1.04 bits per heavy atom. The standard InChI is InChI=1S/C20H22N2O/c1-13-7-5-9-16-18(13)14(2)15-8-6-10-17(19(15)20(16)23)21-11-12-22(3)4/h5-10,21H,2,11-12H2,1,3-4H3. The zero-order valence-electron chi connectivity index (χ0n) is 13.9. The Morgan fingerprint density at radius 3 is 2.48 bits per heavy atom. The van der Waals surface area contributed by atoms with Gasteiger partial charge in [-0.1, -0.05) is 36.9 Å². The topological polar surface area (TPSA) is 32.3 Å². The van der Waals surface area contributed by atoms with E-state index in [1.165, 1.54) is 0 Å². The van der Waals surface area contributed by atoms with Crippen LogP contribution < -0.4 is 5.32 Å². The highest BCUT2D eigenvalue weighted by molar-refractivity contribution is 6.21. The van der Waals surface area contributed by atoms with Crippen molar-refractivity contribution in [3.63, 3.8) is 0 Å². The zero-order chi connectivity index (χ0) is 16.6. The van der Waals surface area contributed by atoms with Crippen molar-refractivity contribution < 1.29 is 4.79 Å². The Bertz CT molecular complexity index is 790. The molecule has 0 spiro atoms. The number of carbonyl (C=O) groups excluding carboxylic acids is 1. The maximum Gasteiger partial charge on any atom is 0.196 e. The summed E-state index contributed by atoms with van der Waals surface area (Å²) >= 11 is 0.